The van der Waals surface area contributed by atoms with Crippen molar-refractivity contribution < 1.29 is 17.0 Å². The van der Waals surface area contributed by atoms with Gasteiger partial charge >= 0.3 is 23.1 Å². The summed E-state index contributed by atoms with van der Waals surface area (Å²) in [5.41, 5.74) is 2.36. The molecule has 0 saturated carbocycles. The number of benzene rings is 1. The van der Waals surface area contributed by atoms with E-state index in [1.807, 2.05) is 12.1 Å². The van der Waals surface area contributed by atoms with Crippen molar-refractivity contribution in [1.82, 2.24) is 0 Å². The largest absolute Gasteiger partial charge is 2.00 e. The Hall–Kier alpha value is 0.336. The van der Waals surface area contributed by atoms with E-state index in [1.54, 1.807) is 0 Å². The Morgan fingerprint density at radius 3 is 2.20 bits per heavy atom. The first-order valence-electron chi connectivity index (χ1n) is 2.67. The molecule has 0 fully saturated rings. The average molecular weight is 209 g/mol. The van der Waals surface area contributed by atoms with Crippen molar-refractivity contribution in [3.8, 4) is 0 Å². The molecule has 1 aromatic rings. The number of hydrogen-bond donors (Lipinski definition) is 0. The molecule has 0 bridgehead atoms. The fraction of sp³-hybridized carbons (Fsp3) is 0.125. The first-order valence-corrected chi connectivity index (χ1v) is 2.67. The van der Waals surface area contributed by atoms with Crippen molar-refractivity contribution in [1.29, 1.82) is 0 Å². The van der Waals surface area contributed by atoms with E-state index < -0.39 is 0 Å². The topological polar surface area (TPSA) is 0 Å². The number of rotatable bonds is 0. The molecule has 0 aliphatic rings. The number of aryl methyl sites for hydroxylation is 1. The van der Waals surface area contributed by atoms with Crippen molar-refractivity contribution in [2.45, 2.75) is 6.92 Å². The number of hydrogen-bond acceptors (Lipinski definition) is 0. The maximum absolute atomic E-state index is 3.78. The van der Waals surface area contributed by atoms with E-state index in [1.165, 1.54) is 5.56 Å². The molecular weight excluding hydrogens is 200 g/mol. The van der Waals surface area contributed by atoms with Gasteiger partial charge in [0, 0.05) is 0 Å². The van der Waals surface area contributed by atoms with Gasteiger partial charge in [0.15, 0.2) is 0 Å². The Labute approximate surface area is 88.9 Å². The molecule has 10 heavy (non-hydrogen) atoms. The summed E-state index contributed by atoms with van der Waals surface area (Å²) in [6.45, 7) is 5.85. The molecule has 0 atom stereocenters. The third-order valence-electron chi connectivity index (χ3n) is 1.08. The molecule has 50 valence electrons. The maximum atomic E-state index is 3.78. The van der Waals surface area contributed by atoms with Gasteiger partial charge in [-0.1, -0.05) is 13.0 Å². The second kappa shape index (κ2) is 6.07. The summed E-state index contributed by atoms with van der Waals surface area (Å²) in [6, 6.07) is 8.12. The second-order valence-corrected chi connectivity index (χ2v) is 1.99. The van der Waals surface area contributed by atoms with Crippen LogP contribution in [0.2, 0.25) is 0 Å². The van der Waals surface area contributed by atoms with Crippen LogP contribution in [-0.4, -0.2) is 23.1 Å². The van der Waals surface area contributed by atoms with Crippen LogP contribution in [0.1, 0.15) is 11.1 Å². The summed E-state index contributed by atoms with van der Waals surface area (Å²) >= 11 is 0. The van der Waals surface area contributed by atoms with Crippen molar-refractivity contribution in [2.75, 3.05) is 0 Å². The average Bonchev–Trinajstić information content (AvgIpc) is 1.64. The molecule has 0 saturated heterocycles. The van der Waals surface area contributed by atoms with Gasteiger partial charge in [0.2, 0.25) is 0 Å². The third-order valence-corrected chi connectivity index (χ3v) is 1.08. The molecule has 1 rings (SSSR count). The van der Waals surface area contributed by atoms with Crippen LogP contribution < -0.4 is 17.0 Å². The van der Waals surface area contributed by atoms with Gasteiger partial charge in [-0.25, -0.2) is 0 Å². The molecular formula is C8H9BrMg. The second-order valence-electron chi connectivity index (χ2n) is 1.99. The molecule has 0 N–H and O–H groups in total. The first-order chi connectivity index (χ1) is 3.79. The minimum Gasteiger partial charge on any atom is -1.00 e. The molecule has 2 heteroatoms. The molecule has 0 amide bonds. The van der Waals surface area contributed by atoms with E-state index in [4.69, 9.17) is 0 Å². The molecule has 0 spiro atoms. The summed E-state index contributed by atoms with van der Waals surface area (Å²) in [6.07, 6.45) is 0. The Kier molecular flexibility index (Phi) is 7.87. The predicted molar refractivity (Wildman–Crippen MR) is 41.4 cm³/mol. The summed E-state index contributed by atoms with van der Waals surface area (Å²) in [5.74, 6) is 0. The molecule has 0 aliphatic heterocycles. The van der Waals surface area contributed by atoms with E-state index in [-0.39, 0.29) is 40.0 Å². The van der Waals surface area contributed by atoms with Gasteiger partial charge in [-0.2, -0.15) is 24.6 Å². The minimum absolute atomic E-state index is 0. The molecule has 1 aromatic carbocycles. The molecule has 0 heterocycles. The zero-order valence-corrected chi connectivity index (χ0v) is 9.10. The van der Waals surface area contributed by atoms with Crippen LogP contribution in [0.5, 0.6) is 0 Å². The van der Waals surface area contributed by atoms with Gasteiger partial charge in [-0.05, 0) is 0 Å². The zero-order chi connectivity index (χ0) is 5.98. The summed E-state index contributed by atoms with van der Waals surface area (Å²) < 4.78 is 0. The molecule has 0 nitrogen and oxygen atoms in total. The summed E-state index contributed by atoms with van der Waals surface area (Å²) in [7, 11) is 0. The van der Waals surface area contributed by atoms with Crippen LogP contribution in [0.25, 0.3) is 0 Å². The smallest absolute Gasteiger partial charge is 1.00 e. The Bertz CT molecular complexity index is 169. The van der Waals surface area contributed by atoms with E-state index >= 15 is 0 Å². The van der Waals surface area contributed by atoms with Crippen LogP contribution in [0.3, 0.4) is 0 Å². The van der Waals surface area contributed by atoms with Crippen molar-refractivity contribution >= 4 is 23.1 Å². The van der Waals surface area contributed by atoms with E-state index in [2.05, 4.69) is 26.0 Å². The van der Waals surface area contributed by atoms with Crippen LogP contribution >= 0.6 is 0 Å². The van der Waals surface area contributed by atoms with Crippen LogP contribution in [-0.2, 0) is 0 Å². The van der Waals surface area contributed by atoms with Gasteiger partial charge in [0.05, 0.1) is 0 Å². The van der Waals surface area contributed by atoms with Crippen LogP contribution in [0.15, 0.2) is 24.3 Å². The Morgan fingerprint density at radius 2 is 1.90 bits per heavy atom. The third kappa shape index (κ3) is 4.20. The predicted octanol–water partition coefficient (Wildman–Crippen LogP) is -1.20. The molecule has 0 aromatic heterocycles. The zero-order valence-electron chi connectivity index (χ0n) is 6.10. The summed E-state index contributed by atoms with van der Waals surface area (Å²) in [5, 5.41) is 0. The van der Waals surface area contributed by atoms with Gasteiger partial charge in [0.1, 0.15) is 0 Å². The van der Waals surface area contributed by atoms with Gasteiger partial charge < -0.3 is 17.0 Å². The monoisotopic (exact) mass is 208 g/mol. The minimum atomic E-state index is 0. The molecule has 0 unspecified atom stereocenters. The molecule has 0 radical (unpaired) electrons. The normalized spacial score (nSPS) is 7.30. The van der Waals surface area contributed by atoms with Crippen LogP contribution in [0, 0.1) is 13.8 Å². The standard InChI is InChI=1S/C8H9.BrH.Mg/c1-7-4-3-5-8(2)6-7;;/h3-6H,1H2,2H3;1H;/q-1;;+2/p-1. The fourth-order valence-electron chi connectivity index (χ4n) is 0.712. The Morgan fingerprint density at radius 1 is 1.30 bits per heavy atom. The quantitative estimate of drug-likeness (QED) is 0.372. The SMILES string of the molecule is [Br-].[CH2-]c1cccc(C)c1.[Mg+2]. The Balaban J connectivity index is 0. The van der Waals surface area contributed by atoms with Gasteiger partial charge in [-0.3, -0.25) is 0 Å². The van der Waals surface area contributed by atoms with E-state index in [0.717, 1.165) is 5.56 Å². The van der Waals surface area contributed by atoms with Crippen molar-refractivity contribution in [2.24, 2.45) is 0 Å². The van der Waals surface area contributed by atoms with Gasteiger partial charge in [-0.15, -0.1) is 11.6 Å². The van der Waals surface area contributed by atoms with E-state index in [9.17, 15) is 0 Å². The first kappa shape index (κ1) is 13.0. The fourth-order valence-corrected chi connectivity index (χ4v) is 0.712. The van der Waals surface area contributed by atoms with Crippen molar-refractivity contribution in [3.05, 3.63) is 42.3 Å². The molecule has 0 aliphatic carbocycles. The van der Waals surface area contributed by atoms with Crippen molar-refractivity contribution in [3.63, 3.8) is 0 Å². The number of halogens is 1. The summed E-state index contributed by atoms with van der Waals surface area (Å²) in [4.78, 5) is 0. The maximum Gasteiger partial charge on any atom is 2.00 e. The van der Waals surface area contributed by atoms with E-state index in [0.29, 0.717) is 0 Å². The van der Waals surface area contributed by atoms with Crippen LogP contribution in [0.4, 0.5) is 0 Å². The van der Waals surface area contributed by atoms with Gasteiger partial charge in [0.25, 0.3) is 0 Å².